The number of benzene rings is 1. The van der Waals surface area contributed by atoms with Crippen LogP contribution in [0.4, 0.5) is 0 Å². The summed E-state index contributed by atoms with van der Waals surface area (Å²) in [5, 5.41) is 8.96. The Labute approximate surface area is 114 Å². The van der Waals surface area contributed by atoms with Gasteiger partial charge in [0.05, 0.1) is 13.2 Å². The average molecular weight is 260 g/mol. The third-order valence-corrected chi connectivity index (χ3v) is 3.07. The SMILES string of the molecule is COc1ccccc1CCN(C)C(=O)C(C)(C)C#N. The molecule has 0 saturated heterocycles. The maximum atomic E-state index is 12.0. The first kappa shape index (κ1) is 15.0. The molecule has 4 heteroatoms. The van der Waals surface area contributed by atoms with Crippen LogP contribution in [-0.2, 0) is 11.2 Å². The number of rotatable bonds is 5. The summed E-state index contributed by atoms with van der Waals surface area (Å²) in [6.45, 7) is 3.83. The van der Waals surface area contributed by atoms with Crippen LogP contribution in [0.1, 0.15) is 19.4 Å². The van der Waals surface area contributed by atoms with Crippen molar-refractivity contribution in [1.82, 2.24) is 4.90 Å². The van der Waals surface area contributed by atoms with Gasteiger partial charge in [-0.15, -0.1) is 0 Å². The fraction of sp³-hybridized carbons (Fsp3) is 0.467. The minimum atomic E-state index is -0.977. The molecule has 0 N–H and O–H groups in total. The molecule has 4 nitrogen and oxygen atoms in total. The van der Waals surface area contributed by atoms with Gasteiger partial charge >= 0.3 is 0 Å². The molecule has 0 atom stereocenters. The summed E-state index contributed by atoms with van der Waals surface area (Å²) in [4.78, 5) is 13.6. The van der Waals surface area contributed by atoms with Gasteiger partial charge < -0.3 is 9.64 Å². The number of carbonyl (C=O) groups excluding carboxylic acids is 1. The zero-order chi connectivity index (χ0) is 14.5. The van der Waals surface area contributed by atoms with Crippen molar-refractivity contribution < 1.29 is 9.53 Å². The van der Waals surface area contributed by atoms with Crippen LogP contribution in [0, 0.1) is 16.7 Å². The summed E-state index contributed by atoms with van der Waals surface area (Å²) >= 11 is 0. The number of likely N-dealkylation sites (N-methyl/N-ethyl adjacent to an activating group) is 1. The number of carbonyl (C=O) groups is 1. The molecular formula is C15H20N2O2. The van der Waals surface area contributed by atoms with Gasteiger partial charge in [-0.2, -0.15) is 5.26 Å². The van der Waals surface area contributed by atoms with Crippen molar-refractivity contribution in [2.75, 3.05) is 20.7 Å². The molecule has 19 heavy (non-hydrogen) atoms. The molecule has 0 spiro atoms. The Balaban J connectivity index is 2.67. The lowest BCUT2D eigenvalue weighted by molar-refractivity contribution is -0.136. The fourth-order valence-corrected chi connectivity index (χ4v) is 1.82. The molecule has 0 fully saturated rings. The second kappa shape index (κ2) is 6.24. The summed E-state index contributed by atoms with van der Waals surface area (Å²) < 4.78 is 5.27. The Morgan fingerprint density at radius 3 is 2.63 bits per heavy atom. The number of methoxy groups -OCH3 is 1. The predicted octanol–water partition coefficient (Wildman–Crippen LogP) is 2.25. The van der Waals surface area contributed by atoms with Crippen molar-refractivity contribution in [3.63, 3.8) is 0 Å². The van der Waals surface area contributed by atoms with Gasteiger partial charge in [0.25, 0.3) is 0 Å². The largest absolute Gasteiger partial charge is 0.496 e. The smallest absolute Gasteiger partial charge is 0.242 e. The number of hydrogen-bond acceptors (Lipinski definition) is 3. The van der Waals surface area contributed by atoms with Crippen LogP contribution in [0.5, 0.6) is 5.75 Å². The molecular weight excluding hydrogens is 240 g/mol. The van der Waals surface area contributed by atoms with E-state index in [0.29, 0.717) is 13.0 Å². The summed E-state index contributed by atoms with van der Waals surface area (Å²) in [5.74, 6) is 0.660. The molecule has 1 rings (SSSR count). The van der Waals surface area contributed by atoms with E-state index in [-0.39, 0.29) is 5.91 Å². The van der Waals surface area contributed by atoms with Gasteiger partial charge in [-0.05, 0) is 31.9 Å². The molecule has 0 aliphatic rings. The number of nitriles is 1. The second-order valence-electron chi connectivity index (χ2n) is 5.03. The number of hydrogen-bond donors (Lipinski definition) is 0. The van der Waals surface area contributed by atoms with E-state index in [1.54, 1.807) is 32.9 Å². The Hall–Kier alpha value is -2.02. The highest BCUT2D eigenvalue weighted by atomic mass is 16.5. The van der Waals surface area contributed by atoms with Crippen LogP contribution in [0.2, 0.25) is 0 Å². The molecule has 102 valence electrons. The van der Waals surface area contributed by atoms with Crippen molar-refractivity contribution in [1.29, 1.82) is 5.26 Å². The highest BCUT2D eigenvalue weighted by Gasteiger charge is 2.30. The summed E-state index contributed by atoms with van der Waals surface area (Å²) in [7, 11) is 3.35. The van der Waals surface area contributed by atoms with E-state index in [2.05, 4.69) is 0 Å². The minimum Gasteiger partial charge on any atom is -0.496 e. The third kappa shape index (κ3) is 3.72. The van der Waals surface area contributed by atoms with Gasteiger partial charge in [0.15, 0.2) is 0 Å². The zero-order valence-corrected chi connectivity index (χ0v) is 11.9. The van der Waals surface area contributed by atoms with Crippen molar-refractivity contribution in [2.24, 2.45) is 5.41 Å². The van der Waals surface area contributed by atoms with Crippen LogP contribution >= 0.6 is 0 Å². The van der Waals surface area contributed by atoms with Gasteiger partial charge in [-0.1, -0.05) is 18.2 Å². The average Bonchev–Trinajstić information content (AvgIpc) is 2.44. The first-order valence-electron chi connectivity index (χ1n) is 6.21. The molecule has 0 heterocycles. The topological polar surface area (TPSA) is 53.3 Å². The highest BCUT2D eigenvalue weighted by Crippen LogP contribution is 2.20. The zero-order valence-electron chi connectivity index (χ0n) is 11.9. The Morgan fingerprint density at radius 2 is 2.05 bits per heavy atom. The van der Waals surface area contributed by atoms with Crippen molar-refractivity contribution >= 4 is 5.91 Å². The molecule has 0 aliphatic heterocycles. The van der Waals surface area contributed by atoms with Gasteiger partial charge in [0.1, 0.15) is 11.2 Å². The Morgan fingerprint density at radius 1 is 1.42 bits per heavy atom. The summed E-state index contributed by atoms with van der Waals surface area (Å²) in [6, 6.07) is 9.76. The third-order valence-electron chi connectivity index (χ3n) is 3.07. The lowest BCUT2D eigenvalue weighted by Gasteiger charge is -2.24. The van der Waals surface area contributed by atoms with E-state index in [1.165, 1.54) is 0 Å². The van der Waals surface area contributed by atoms with E-state index < -0.39 is 5.41 Å². The van der Waals surface area contributed by atoms with Crippen LogP contribution < -0.4 is 4.74 Å². The van der Waals surface area contributed by atoms with E-state index in [9.17, 15) is 4.79 Å². The predicted molar refractivity (Wildman–Crippen MR) is 73.7 cm³/mol. The minimum absolute atomic E-state index is 0.162. The van der Waals surface area contributed by atoms with E-state index in [4.69, 9.17) is 10.00 Å². The fourth-order valence-electron chi connectivity index (χ4n) is 1.82. The highest BCUT2D eigenvalue weighted by molar-refractivity contribution is 5.84. The first-order chi connectivity index (χ1) is 8.92. The monoisotopic (exact) mass is 260 g/mol. The molecule has 0 aromatic heterocycles. The van der Waals surface area contributed by atoms with Crippen LogP contribution in [-0.4, -0.2) is 31.5 Å². The van der Waals surface area contributed by atoms with Crippen LogP contribution in [0.3, 0.4) is 0 Å². The Kier molecular flexibility index (Phi) is 4.94. The second-order valence-corrected chi connectivity index (χ2v) is 5.03. The standard InChI is InChI=1S/C15H20N2O2/c1-15(2,11-16)14(18)17(3)10-9-12-7-5-6-8-13(12)19-4/h5-8H,9-10H2,1-4H3. The number of nitrogens with zero attached hydrogens (tertiary/aromatic N) is 2. The van der Waals surface area contributed by atoms with Crippen molar-refractivity contribution in [3.05, 3.63) is 29.8 Å². The van der Waals surface area contributed by atoms with Gasteiger partial charge in [-0.3, -0.25) is 4.79 Å². The normalized spacial score (nSPS) is 10.7. The maximum absolute atomic E-state index is 12.0. The summed E-state index contributed by atoms with van der Waals surface area (Å²) in [5.41, 5.74) is 0.0784. The van der Waals surface area contributed by atoms with Crippen molar-refractivity contribution in [3.8, 4) is 11.8 Å². The molecule has 1 amide bonds. The molecule has 0 bridgehead atoms. The van der Waals surface area contributed by atoms with E-state index in [0.717, 1.165) is 11.3 Å². The maximum Gasteiger partial charge on any atom is 0.242 e. The number of amides is 1. The van der Waals surface area contributed by atoms with E-state index in [1.807, 2.05) is 30.3 Å². The molecule has 1 aromatic carbocycles. The number of para-hydroxylation sites is 1. The lowest BCUT2D eigenvalue weighted by atomic mass is 9.94. The van der Waals surface area contributed by atoms with Gasteiger partial charge in [-0.25, -0.2) is 0 Å². The van der Waals surface area contributed by atoms with Crippen LogP contribution in [0.15, 0.2) is 24.3 Å². The molecule has 0 unspecified atom stereocenters. The first-order valence-corrected chi connectivity index (χ1v) is 6.21. The van der Waals surface area contributed by atoms with Gasteiger partial charge in [0.2, 0.25) is 5.91 Å². The molecule has 0 aliphatic carbocycles. The summed E-state index contributed by atoms with van der Waals surface area (Å²) in [6.07, 6.45) is 0.702. The number of ether oxygens (including phenoxy) is 1. The molecule has 1 aromatic rings. The molecule has 0 saturated carbocycles. The molecule has 0 radical (unpaired) electrons. The quantitative estimate of drug-likeness (QED) is 0.816. The lowest BCUT2D eigenvalue weighted by Crippen LogP contribution is -2.38. The van der Waals surface area contributed by atoms with Crippen LogP contribution in [0.25, 0.3) is 0 Å². The van der Waals surface area contributed by atoms with Gasteiger partial charge in [0, 0.05) is 13.6 Å². The van der Waals surface area contributed by atoms with E-state index >= 15 is 0 Å². The van der Waals surface area contributed by atoms with Crippen molar-refractivity contribution in [2.45, 2.75) is 20.3 Å². The Bertz CT molecular complexity index is 489.